The molecule has 0 radical (unpaired) electrons. The molecule has 0 heterocycles. The molecule has 0 bridgehead atoms. The van der Waals surface area contributed by atoms with Crippen LogP contribution >= 0.6 is 12.4 Å². The summed E-state index contributed by atoms with van der Waals surface area (Å²) >= 11 is 0. The third-order valence-corrected chi connectivity index (χ3v) is 4.38. The molecule has 0 aliphatic rings. The zero-order chi connectivity index (χ0) is 17.6. The summed E-state index contributed by atoms with van der Waals surface area (Å²) in [6, 6.07) is 16.1. The maximum atomic E-state index is 12.1. The molecule has 0 unspecified atom stereocenters. The van der Waals surface area contributed by atoms with Gasteiger partial charge in [0.1, 0.15) is 0 Å². The Hall–Kier alpha value is -1.89. The third-order valence-electron chi connectivity index (χ3n) is 3.52. The molecule has 2 aromatic rings. The Bertz CT molecular complexity index is 795. The van der Waals surface area contributed by atoms with Gasteiger partial charge < -0.3 is 11.1 Å². The molecule has 0 aromatic heterocycles. The topological polar surface area (TPSA) is 89.3 Å². The quantitative estimate of drug-likeness (QED) is 0.764. The van der Waals surface area contributed by atoms with Crippen LogP contribution in [0, 0.1) is 0 Å². The fourth-order valence-electron chi connectivity index (χ4n) is 2.41. The van der Waals surface area contributed by atoms with Gasteiger partial charge in [0.05, 0.1) is 11.8 Å². The van der Waals surface area contributed by atoms with Gasteiger partial charge in [-0.15, -0.1) is 12.4 Å². The first-order valence-corrected chi connectivity index (χ1v) is 9.72. The summed E-state index contributed by atoms with van der Waals surface area (Å²) in [4.78, 5) is 12.1. The minimum absolute atomic E-state index is 0. The van der Waals surface area contributed by atoms with E-state index in [9.17, 15) is 13.2 Å². The Balaban J connectivity index is 0.00000312. The highest BCUT2D eigenvalue weighted by molar-refractivity contribution is 7.89. The standard InChI is InChI=1S/C18H22N2O3S.ClH/c1-24(22,23)13-16-9-5-8-15(10-16)12-20-18(21)17(19)11-14-6-3-2-4-7-14;/h2-10,17H,11-13,19H2,1H3,(H,20,21);1H/t17-;/m0./s1. The van der Waals surface area contributed by atoms with Crippen molar-refractivity contribution in [2.45, 2.75) is 24.8 Å². The summed E-state index contributed by atoms with van der Waals surface area (Å²) in [6.07, 6.45) is 1.67. The van der Waals surface area contributed by atoms with E-state index in [1.54, 1.807) is 18.2 Å². The summed E-state index contributed by atoms with van der Waals surface area (Å²) in [5.41, 5.74) is 8.49. The molecule has 0 saturated carbocycles. The van der Waals surface area contributed by atoms with Gasteiger partial charge in [0.25, 0.3) is 0 Å². The van der Waals surface area contributed by atoms with E-state index in [0.717, 1.165) is 11.1 Å². The zero-order valence-corrected chi connectivity index (χ0v) is 15.6. The smallest absolute Gasteiger partial charge is 0.237 e. The molecule has 3 N–H and O–H groups in total. The van der Waals surface area contributed by atoms with Crippen LogP contribution in [0.2, 0.25) is 0 Å². The molecule has 1 atom stereocenters. The van der Waals surface area contributed by atoms with Gasteiger partial charge in [-0.1, -0.05) is 54.6 Å². The number of amides is 1. The van der Waals surface area contributed by atoms with E-state index in [2.05, 4.69) is 5.32 Å². The van der Waals surface area contributed by atoms with Crippen LogP contribution in [0.4, 0.5) is 0 Å². The molecule has 136 valence electrons. The molecule has 7 heteroatoms. The Labute approximate surface area is 155 Å². The van der Waals surface area contributed by atoms with Crippen LogP contribution in [0.25, 0.3) is 0 Å². The van der Waals surface area contributed by atoms with Gasteiger partial charge in [0.2, 0.25) is 5.91 Å². The fourth-order valence-corrected chi connectivity index (χ4v) is 3.20. The largest absolute Gasteiger partial charge is 0.351 e. The van der Waals surface area contributed by atoms with Crippen LogP contribution in [0.3, 0.4) is 0 Å². The summed E-state index contributed by atoms with van der Waals surface area (Å²) in [7, 11) is -3.08. The Kier molecular flexibility index (Phi) is 8.09. The van der Waals surface area contributed by atoms with E-state index in [-0.39, 0.29) is 24.1 Å². The minimum Gasteiger partial charge on any atom is -0.351 e. The highest BCUT2D eigenvalue weighted by Crippen LogP contribution is 2.09. The van der Waals surface area contributed by atoms with Crippen molar-refractivity contribution in [2.24, 2.45) is 5.73 Å². The van der Waals surface area contributed by atoms with Gasteiger partial charge in [0, 0.05) is 12.8 Å². The minimum atomic E-state index is -3.08. The summed E-state index contributed by atoms with van der Waals surface area (Å²) in [5.74, 6) is -0.241. The molecule has 0 aliphatic heterocycles. The fraction of sp³-hybridized carbons (Fsp3) is 0.278. The van der Waals surface area contributed by atoms with Crippen molar-refractivity contribution >= 4 is 28.2 Å². The summed E-state index contributed by atoms with van der Waals surface area (Å²) in [5, 5.41) is 2.80. The molecule has 2 aromatic carbocycles. The second kappa shape index (κ2) is 9.56. The monoisotopic (exact) mass is 382 g/mol. The molecule has 25 heavy (non-hydrogen) atoms. The first-order chi connectivity index (χ1) is 11.3. The number of halogens is 1. The van der Waals surface area contributed by atoms with E-state index in [1.165, 1.54) is 6.26 Å². The maximum absolute atomic E-state index is 12.1. The lowest BCUT2D eigenvalue weighted by Gasteiger charge is -2.13. The van der Waals surface area contributed by atoms with Gasteiger partial charge in [-0.3, -0.25) is 4.79 Å². The second-order valence-electron chi connectivity index (χ2n) is 5.90. The van der Waals surface area contributed by atoms with Crippen LogP contribution < -0.4 is 11.1 Å². The highest BCUT2D eigenvalue weighted by Gasteiger charge is 2.13. The number of benzene rings is 2. The first kappa shape index (κ1) is 21.2. The number of nitrogens with two attached hydrogens (primary N) is 1. The predicted molar refractivity (Wildman–Crippen MR) is 102 cm³/mol. The van der Waals surface area contributed by atoms with Crippen molar-refractivity contribution in [3.63, 3.8) is 0 Å². The summed E-state index contributed by atoms with van der Waals surface area (Å²) < 4.78 is 22.7. The van der Waals surface area contributed by atoms with E-state index in [0.29, 0.717) is 18.5 Å². The highest BCUT2D eigenvalue weighted by atomic mass is 35.5. The van der Waals surface area contributed by atoms with Crippen molar-refractivity contribution in [3.05, 3.63) is 71.3 Å². The van der Waals surface area contributed by atoms with E-state index >= 15 is 0 Å². The number of carbonyl (C=O) groups is 1. The van der Waals surface area contributed by atoms with Crippen LogP contribution in [0.5, 0.6) is 0 Å². The van der Waals surface area contributed by atoms with Crippen LogP contribution in [-0.2, 0) is 33.4 Å². The molecule has 2 rings (SSSR count). The molecular formula is C18H23ClN2O3S. The lowest BCUT2D eigenvalue weighted by Crippen LogP contribution is -2.41. The Morgan fingerprint density at radius 3 is 2.28 bits per heavy atom. The van der Waals surface area contributed by atoms with Crippen molar-refractivity contribution in [3.8, 4) is 0 Å². The molecule has 0 fully saturated rings. The van der Waals surface area contributed by atoms with E-state index in [1.807, 2.05) is 36.4 Å². The van der Waals surface area contributed by atoms with Crippen molar-refractivity contribution in [2.75, 3.05) is 6.26 Å². The third kappa shape index (κ3) is 7.69. The van der Waals surface area contributed by atoms with Crippen molar-refractivity contribution in [1.29, 1.82) is 0 Å². The van der Waals surface area contributed by atoms with Gasteiger partial charge >= 0.3 is 0 Å². The molecular weight excluding hydrogens is 360 g/mol. The van der Waals surface area contributed by atoms with Crippen LogP contribution in [0.15, 0.2) is 54.6 Å². The molecule has 0 aliphatic carbocycles. The van der Waals surface area contributed by atoms with Crippen molar-refractivity contribution < 1.29 is 13.2 Å². The number of sulfone groups is 1. The van der Waals surface area contributed by atoms with Gasteiger partial charge in [-0.25, -0.2) is 8.42 Å². The van der Waals surface area contributed by atoms with E-state index < -0.39 is 15.9 Å². The number of nitrogens with one attached hydrogen (secondary N) is 1. The zero-order valence-electron chi connectivity index (χ0n) is 14.0. The van der Waals surface area contributed by atoms with Gasteiger partial charge in [0.15, 0.2) is 9.84 Å². The molecule has 1 amide bonds. The average Bonchev–Trinajstić information content (AvgIpc) is 2.52. The van der Waals surface area contributed by atoms with E-state index in [4.69, 9.17) is 5.73 Å². The second-order valence-corrected chi connectivity index (χ2v) is 8.04. The average molecular weight is 383 g/mol. The van der Waals surface area contributed by atoms with Crippen molar-refractivity contribution in [1.82, 2.24) is 5.32 Å². The predicted octanol–water partition coefficient (Wildman–Crippen LogP) is 1.84. The SMILES string of the molecule is CS(=O)(=O)Cc1cccc(CNC(=O)[C@@H](N)Cc2ccccc2)c1.Cl. The maximum Gasteiger partial charge on any atom is 0.237 e. The lowest BCUT2D eigenvalue weighted by atomic mass is 10.1. The van der Waals surface area contributed by atoms with Crippen LogP contribution in [-0.4, -0.2) is 26.6 Å². The van der Waals surface area contributed by atoms with Gasteiger partial charge in [-0.05, 0) is 23.1 Å². The van der Waals surface area contributed by atoms with Gasteiger partial charge in [-0.2, -0.15) is 0 Å². The summed E-state index contributed by atoms with van der Waals surface area (Å²) in [6.45, 7) is 0.318. The molecule has 0 spiro atoms. The first-order valence-electron chi connectivity index (χ1n) is 7.66. The number of hydrogen-bond acceptors (Lipinski definition) is 4. The number of hydrogen-bond donors (Lipinski definition) is 2. The number of rotatable bonds is 7. The number of carbonyl (C=O) groups excluding carboxylic acids is 1. The molecule has 0 saturated heterocycles. The van der Waals surface area contributed by atoms with Crippen LogP contribution in [0.1, 0.15) is 16.7 Å². The Morgan fingerprint density at radius 1 is 1.04 bits per heavy atom. The Morgan fingerprint density at radius 2 is 1.64 bits per heavy atom. The normalized spacial score (nSPS) is 12.1. The lowest BCUT2D eigenvalue weighted by molar-refractivity contribution is -0.122. The molecule has 5 nitrogen and oxygen atoms in total.